The van der Waals surface area contributed by atoms with Crippen LogP contribution in [-0.2, 0) is 0 Å². The van der Waals surface area contributed by atoms with Crippen molar-refractivity contribution < 1.29 is 14.3 Å². The van der Waals surface area contributed by atoms with Crippen LogP contribution in [-0.4, -0.2) is 17.6 Å². The number of hydrogen-bond donors (Lipinski definition) is 2. The van der Waals surface area contributed by atoms with Crippen molar-refractivity contribution >= 4 is 28.3 Å². The van der Waals surface area contributed by atoms with Crippen molar-refractivity contribution in [3.8, 4) is 0 Å². The molecule has 3 aromatic rings. The zero-order valence-corrected chi connectivity index (χ0v) is 13.4. The van der Waals surface area contributed by atoms with Crippen LogP contribution in [0.2, 0.25) is 5.02 Å². The smallest absolute Gasteiger partial charge is 0.255 e. The monoisotopic (exact) mass is 343 g/mol. The van der Waals surface area contributed by atoms with Crippen LogP contribution in [0.25, 0.3) is 10.8 Å². The van der Waals surface area contributed by atoms with Gasteiger partial charge in [0, 0.05) is 6.54 Å². The number of hydrogen-bond acceptors (Lipinski definition) is 2. The van der Waals surface area contributed by atoms with Gasteiger partial charge in [0.15, 0.2) is 0 Å². The molecule has 2 N–H and O–H groups in total. The highest BCUT2D eigenvalue weighted by atomic mass is 35.5. The Morgan fingerprint density at radius 1 is 1.08 bits per heavy atom. The van der Waals surface area contributed by atoms with Crippen molar-refractivity contribution in [1.29, 1.82) is 0 Å². The van der Waals surface area contributed by atoms with Crippen LogP contribution in [0.4, 0.5) is 4.39 Å². The Balaban J connectivity index is 1.78. The number of halogens is 2. The van der Waals surface area contributed by atoms with E-state index in [0.717, 1.165) is 10.8 Å². The summed E-state index contributed by atoms with van der Waals surface area (Å²) < 4.78 is 13.7. The number of benzene rings is 3. The highest BCUT2D eigenvalue weighted by Crippen LogP contribution is 2.24. The molecule has 3 nitrogen and oxygen atoms in total. The molecule has 122 valence electrons. The van der Waals surface area contributed by atoms with Crippen LogP contribution in [0, 0.1) is 5.82 Å². The summed E-state index contributed by atoms with van der Waals surface area (Å²) in [5.74, 6) is -1.35. The van der Waals surface area contributed by atoms with Gasteiger partial charge in [-0.2, -0.15) is 0 Å². The minimum absolute atomic E-state index is 0.0344. The first kappa shape index (κ1) is 16.4. The van der Waals surface area contributed by atoms with E-state index in [1.165, 1.54) is 18.2 Å². The van der Waals surface area contributed by atoms with E-state index in [2.05, 4.69) is 5.32 Å². The molecule has 0 saturated carbocycles. The van der Waals surface area contributed by atoms with Crippen molar-refractivity contribution in [3.63, 3.8) is 0 Å². The Labute approximate surface area is 143 Å². The van der Waals surface area contributed by atoms with Crippen molar-refractivity contribution in [2.45, 2.75) is 6.10 Å². The van der Waals surface area contributed by atoms with Gasteiger partial charge >= 0.3 is 0 Å². The van der Waals surface area contributed by atoms with Crippen molar-refractivity contribution in [2.75, 3.05) is 6.54 Å². The number of aliphatic hydroxyl groups excluding tert-OH is 1. The summed E-state index contributed by atoms with van der Waals surface area (Å²) in [4.78, 5) is 12.1. The number of fused-ring (bicyclic) bond motifs is 1. The largest absolute Gasteiger partial charge is 0.387 e. The van der Waals surface area contributed by atoms with Crippen molar-refractivity contribution in [2.24, 2.45) is 0 Å². The second-order valence-electron chi connectivity index (χ2n) is 5.39. The third-order valence-electron chi connectivity index (χ3n) is 3.83. The predicted octanol–water partition coefficient (Wildman–Crippen LogP) is 4.10. The molecule has 0 aliphatic rings. The summed E-state index contributed by atoms with van der Waals surface area (Å²) >= 11 is 5.87. The van der Waals surface area contributed by atoms with Crippen LogP contribution < -0.4 is 5.32 Å². The van der Waals surface area contributed by atoms with E-state index >= 15 is 0 Å². The molecule has 1 unspecified atom stereocenters. The first-order chi connectivity index (χ1) is 11.6. The summed E-state index contributed by atoms with van der Waals surface area (Å²) in [5.41, 5.74) is 0.484. The first-order valence-electron chi connectivity index (χ1n) is 7.46. The average molecular weight is 344 g/mol. The lowest BCUT2D eigenvalue weighted by Crippen LogP contribution is -2.29. The molecule has 5 heteroatoms. The molecule has 24 heavy (non-hydrogen) atoms. The molecule has 0 radical (unpaired) electrons. The van der Waals surface area contributed by atoms with Crippen LogP contribution in [0.15, 0.2) is 60.7 Å². The number of nitrogens with one attached hydrogen (secondary N) is 1. The Kier molecular flexibility index (Phi) is 4.79. The fourth-order valence-electron chi connectivity index (χ4n) is 2.64. The maximum atomic E-state index is 13.7. The molecular weight excluding hydrogens is 329 g/mol. The highest BCUT2D eigenvalue weighted by Gasteiger charge is 2.18. The maximum Gasteiger partial charge on any atom is 0.255 e. The molecule has 1 atom stereocenters. The first-order valence-corrected chi connectivity index (χ1v) is 7.83. The second kappa shape index (κ2) is 6.99. The lowest BCUT2D eigenvalue weighted by molar-refractivity contribution is 0.0913. The van der Waals surface area contributed by atoms with Crippen LogP contribution in [0.3, 0.4) is 0 Å². The number of carbonyl (C=O) groups excluding carboxylic acids is 1. The van der Waals surface area contributed by atoms with Gasteiger partial charge in [-0.3, -0.25) is 4.79 Å². The normalized spacial score (nSPS) is 12.1. The lowest BCUT2D eigenvalue weighted by Gasteiger charge is -2.15. The van der Waals surface area contributed by atoms with Gasteiger partial charge < -0.3 is 10.4 Å². The van der Waals surface area contributed by atoms with E-state index in [4.69, 9.17) is 11.6 Å². The fourth-order valence-corrected chi connectivity index (χ4v) is 2.89. The van der Waals surface area contributed by atoms with Crippen molar-refractivity contribution in [1.82, 2.24) is 5.32 Å². The summed E-state index contributed by atoms with van der Waals surface area (Å²) in [6.45, 7) is -0.0441. The molecule has 0 spiro atoms. The minimum atomic E-state index is -0.911. The SMILES string of the molecule is O=C(NCC(O)c1cccc2ccccc12)c1c(F)cccc1Cl. The summed E-state index contributed by atoms with van der Waals surface area (Å²) in [6, 6.07) is 17.3. The fraction of sp³-hybridized carbons (Fsp3) is 0.105. The van der Waals surface area contributed by atoms with Gasteiger partial charge in [-0.15, -0.1) is 0 Å². The van der Waals surface area contributed by atoms with Crippen LogP contribution in [0.1, 0.15) is 22.0 Å². The third kappa shape index (κ3) is 3.25. The number of amides is 1. The van der Waals surface area contributed by atoms with E-state index < -0.39 is 17.8 Å². The van der Waals surface area contributed by atoms with Gasteiger partial charge in [-0.1, -0.05) is 60.1 Å². The van der Waals surface area contributed by atoms with E-state index in [1.54, 1.807) is 6.07 Å². The Bertz CT molecular complexity index is 872. The lowest BCUT2D eigenvalue weighted by atomic mass is 10.0. The van der Waals surface area contributed by atoms with Gasteiger partial charge in [0.25, 0.3) is 5.91 Å². The molecule has 0 aliphatic carbocycles. The van der Waals surface area contributed by atoms with E-state index in [9.17, 15) is 14.3 Å². The maximum absolute atomic E-state index is 13.7. The Hall–Kier alpha value is -2.43. The second-order valence-corrected chi connectivity index (χ2v) is 5.80. The molecule has 0 fully saturated rings. The molecule has 0 bridgehead atoms. The van der Waals surface area contributed by atoms with Gasteiger partial charge in [-0.25, -0.2) is 4.39 Å². The Morgan fingerprint density at radius 2 is 1.79 bits per heavy atom. The third-order valence-corrected chi connectivity index (χ3v) is 4.14. The van der Waals surface area contributed by atoms with E-state index in [0.29, 0.717) is 5.56 Å². The number of rotatable bonds is 4. The van der Waals surface area contributed by atoms with E-state index in [-0.39, 0.29) is 17.1 Å². The van der Waals surface area contributed by atoms with Gasteiger partial charge in [-0.05, 0) is 28.5 Å². The number of carbonyl (C=O) groups is 1. The molecule has 0 aliphatic heterocycles. The standard InChI is InChI=1S/C19H15ClFNO2/c20-15-9-4-10-16(21)18(15)19(24)22-11-17(23)14-8-3-6-12-5-1-2-7-13(12)14/h1-10,17,23H,11H2,(H,22,24). The summed E-state index contributed by atoms with van der Waals surface area (Å²) in [7, 11) is 0. The number of aliphatic hydroxyl groups is 1. The zero-order chi connectivity index (χ0) is 17.1. The molecule has 0 saturated heterocycles. The highest BCUT2D eigenvalue weighted by molar-refractivity contribution is 6.33. The molecule has 0 aromatic heterocycles. The average Bonchev–Trinajstić information content (AvgIpc) is 2.59. The molecule has 1 amide bonds. The van der Waals surface area contributed by atoms with Gasteiger partial charge in [0.05, 0.1) is 16.7 Å². The predicted molar refractivity (Wildman–Crippen MR) is 92.7 cm³/mol. The van der Waals surface area contributed by atoms with Crippen LogP contribution in [0.5, 0.6) is 0 Å². The molecular formula is C19H15ClFNO2. The van der Waals surface area contributed by atoms with Crippen LogP contribution >= 0.6 is 11.6 Å². The van der Waals surface area contributed by atoms with Gasteiger partial charge in [0.2, 0.25) is 0 Å². The summed E-state index contributed by atoms with van der Waals surface area (Å²) in [6.07, 6.45) is -0.911. The van der Waals surface area contributed by atoms with Gasteiger partial charge in [0.1, 0.15) is 5.82 Å². The topological polar surface area (TPSA) is 49.3 Å². The molecule has 3 aromatic carbocycles. The Morgan fingerprint density at radius 3 is 2.58 bits per heavy atom. The zero-order valence-electron chi connectivity index (χ0n) is 12.7. The molecule has 0 heterocycles. The van der Waals surface area contributed by atoms with E-state index in [1.807, 2.05) is 36.4 Å². The molecule has 3 rings (SSSR count). The summed E-state index contributed by atoms with van der Waals surface area (Å²) in [5, 5.41) is 14.9. The quantitative estimate of drug-likeness (QED) is 0.749. The minimum Gasteiger partial charge on any atom is -0.387 e. The van der Waals surface area contributed by atoms with Crippen molar-refractivity contribution in [3.05, 3.63) is 82.6 Å².